The highest BCUT2D eigenvalue weighted by molar-refractivity contribution is 8.26. The van der Waals surface area contributed by atoms with Crippen molar-refractivity contribution in [2.75, 3.05) is 19.8 Å². The second-order valence-corrected chi connectivity index (χ2v) is 7.40. The predicted octanol–water partition coefficient (Wildman–Crippen LogP) is 4.02. The molecule has 7 heteroatoms. The van der Waals surface area contributed by atoms with Crippen molar-refractivity contribution in [2.45, 2.75) is 33.1 Å². The minimum Gasteiger partial charge on any atom is -0.494 e. The number of hydrogen-bond donors (Lipinski definition) is 0. The van der Waals surface area contributed by atoms with Crippen molar-refractivity contribution in [3.05, 3.63) is 34.7 Å². The number of amides is 1. The van der Waals surface area contributed by atoms with Crippen LogP contribution in [0.5, 0.6) is 5.75 Å². The fourth-order valence-electron chi connectivity index (χ4n) is 2.22. The number of ether oxygens (including phenoxy) is 2. The highest BCUT2D eigenvalue weighted by Gasteiger charge is 2.32. The van der Waals surface area contributed by atoms with Gasteiger partial charge in [0.05, 0.1) is 24.5 Å². The second kappa shape index (κ2) is 10.3. The van der Waals surface area contributed by atoms with Crippen molar-refractivity contribution >= 4 is 46.3 Å². The summed E-state index contributed by atoms with van der Waals surface area (Å²) in [6.45, 7) is 5.31. The summed E-state index contributed by atoms with van der Waals surface area (Å²) >= 11 is 6.52. The molecule has 26 heavy (non-hydrogen) atoms. The van der Waals surface area contributed by atoms with Gasteiger partial charge in [0.15, 0.2) is 0 Å². The summed E-state index contributed by atoms with van der Waals surface area (Å²) in [5, 5.41) is 0. The molecule has 5 nitrogen and oxygen atoms in total. The predicted molar refractivity (Wildman–Crippen MR) is 108 cm³/mol. The molecule has 0 N–H and O–H groups in total. The van der Waals surface area contributed by atoms with Gasteiger partial charge in [0, 0.05) is 6.54 Å². The van der Waals surface area contributed by atoms with Crippen LogP contribution >= 0.6 is 24.0 Å². The number of thiocarbonyl (C=S) groups is 1. The van der Waals surface area contributed by atoms with Crippen LogP contribution in [0.15, 0.2) is 29.2 Å². The third kappa shape index (κ3) is 5.85. The summed E-state index contributed by atoms with van der Waals surface area (Å²) in [7, 11) is 0. The van der Waals surface area contributed by atoms with Gasteiger partial charge in [-0.1, -0.05) is 50.0 Å². The summed E-state index contributed by atoms with van der Waals surface area (Å²) in [6.07, 6.45) is 3.68. The molecule has 140 valence electrons. The molecule has 1 amide bonds. The van der Waals surface area contributed by atoms with Crippen LogP contribution in [0.4, 0.5) is 0 Å². The molecule has 1 fully saturated rings. The number of thioether (sulfide) groups is 1. The van der Waals surface area contributed by atoms with E-state index in [0.717, 1.165) is 24.2 Å². The van der Waals surface area contributed by atoms with Crippen molar-refractivity contribution in [2.24, 2.45) is 0 Å². The maximum Gasteiger partial charge on any atom is 0.307 e. The molecule has 1 aliphatic heterocycles. The van der Waals surface area contributed by atoms with Crippen molar-refractivity contribution in [1.82, 2.24) is 4.90 Å². The number of carbonyl (C=O) groups is 2. The Morgan fingerprint density at radius 1 is 1.19 bits per heavy atom. The number of carbonyl (C=O) groups excluding carboxylic acids is 2. The molecule has 0 bridgehead atoms. The van der Waals surface area contributed by atoms with Crippen molar-refractivity contribution in [3.63, 3.8) is 0 Å². The van der Waals surface area contributed by atoms with E-state index in [4.69, 9.17) is 21.7 Å². The van der Waals surface area contributed by atoms with E-state index in [-0.39, 0.29) is 24.8 Å². The van der Waals surface area contributed by atoms with E-state index in [1.165, 1.54) is 16.7 Å². The van der Waals surface area contributed by atoms with Crippen LogP contribution in [-0.4, -0.2) is 40.9 Å². The molecule has 0 aromatic heterocycles. The quantitative estimate of drug-likeness (QED) is 0.359. The summed E-state index contributed by atoms with van der Waals surface area (Å²) in [4.78, 5) is 26.2. The maximum atomic E-state index is 12.5. The molecular weight excluding hydrogens is 370 g/mol. The standard InChI is InChI=1S/C19H23NO4S2/c1-3-11-23-15-7-5-14(6-8-15)13-16-18(22)20(19(25)26-16)10-9-17(21)24-12-4-2/h5-8,13H,3-4,9-12H2,1-2H3/b16-13-. The van der Waals surface area contributed by atoms with Gasteiger partial charge in [-0.25, -0.2) is 0 Å². The summed E-state index contributed by atoms with van der Waals surface area (Å²) in [6, 6.07) is 7.57. The van der Waals surface area contributed by atoms with Crippen LogP contribution in [0.25, 0.3) is 6.08 Å². The first-order valence-corrected chi connectivity index (χ1v) is 9.91. The smallest absolute Gasteiger partial charge is 0.307 e. The molecule has 1 aromatic carbocycles. The first-order valence-electron chi connectivity index (χ1n) is 8.69. The van der Waals surface area contributed by atoms with E-state index >= 15 is 0 Å². The number of esters is 1. The molecule has 2 rings (SSSR count). The molecule has 1 saturated heterocycles. The van der Waals surface area contributed by atoms with Crippen molar-refractivity contribution in [1.29, 1.82) is 0 Å². The monoisotopic (exact) mass is 393 g/mol. The van der Waals surface area contributed by atoms with Gasteiger partial charge in [0.1, 0.15) is 10.1 Å². The molecule has 0 atom stereocenters. The lowest BCUT2D eigenvalue weighted by Crippen LogP contribution is -2.30. The van der Waals surface area contributed by atoms with Gasteiger partial charge >= 0.3 is 5.97 Å². The van der Waals surface area contributed by atoms with Gasteiger partial charge < -0.3 is 9.47 Å². The van der Waals surface area contributed by atoms with Crippen LogP contribution in [-0.2, 0) is 14.3 Å². The Morgan fingerprint density at radius 2 is 1.88 bits per heavy atom. The summed E-state index contributed by atoms with van der Waals surface area (Å²) in [5.41, 5.74) is 0.900. The first kappa shape index (κ1) is 20.5. The van der Waals surface area contributed by atoms with E-state index in [9.17, 15) is 9.59 Å². The highest BCUT2D eigenvalue weighted by atomic mass is 32.2. The van der Waals surface area contributed by atoms with Gasteiger partial charge in [0.25, 0.3) is 5.91 Å². The van der Waals surface area contributed by atoms with Crippen LogP contribution in [0.3, 0.4) is 0 Å². The molecular formula is C19H23NO4S2. The third-order valence-electron chi connectivity index (χ3n) is 3.53. The Bertz CT molecular complexity index is 685. The Balaban J connectivity index is 1.96. The molecule has 0 spiro atoms. The van der Waals surface area contributed by atoms with E-state index < -0.39 is 0 Å². The fraction of sp³-hybridized carbons (Fsp3) is 0.421. The lowest BCUT2D eigenvalue weighted by Gasteiger charge is -2.13. The van der Waals surface area contributed by atoms with Crippen LogP contribution in [0.1, 0.15) is 38.7 Å². The number of benzene rings is 1. The molecule has 1 aromatic rings. The molecule has 0 aliphatic carbocycles. The number of hydrogen-bond acceptors (Lipinski definition) is 6. The maximum absolute atomic E-state index is 12.5. The zero-order valence-electron chi connectivity index (χ0n) is 15.0. The zero-order chi connectivity index (χ0) is 18.9. The molecule has 0 saturated carbocycles. The van der Waals surface area contributed by atoms with E-state index in [1.54, 1.807) is 6.08 Å². The Labute approximate surface area is 163 Å². The Morgan fingerprint density at radius 3 is 2.54 bits per heavy atom. The van der Waals surface area contributed by atoms with Gasteiger partial charge in [-0.2, -0.15) is 0 Å². The topological polar surface area (TPSA) is 55.8 Å². The van der Waals surface area contributed by atoms with Gasteiger partial charge in [0.2, 0.25) is 0 Å². The largest absolute Gasteiger partial charge is 0.494 e. The summed E-state index contributed by atoms with van der Waals surface area (Å²) in [5.74, 6) is 0.323. The van der Waals surface area contributed by atoms with Crippen LogP contribution in [0, 0.1) is 0 Å². The van der Waals surface area contributed by atoms with Crippen LogP contribution in [0.2, 0.25) is 0 Å². The van der Waals surface area contributed by atoms with Gasteiger partial charge in [-0.15, -0.1) is 0 Å². The lowest BCUT2D eigenvalue weighted by molar-refractivity contribution is -0.143. The minimum absolute atomic E-state index is 0.142. The van der Waals surface area contributed by atoms with Gasteiger partial charge in [-0.05, 0) is 36.6 Å². The molecule has 0 radical (unpaired) electrons. The highest BCUT2D eigenvalue weighted by Crippen LogP contribution is 2.32. The first-order chi connectivity index (χ1) is 12.5. The lowest BCUT2D eigenvalue weighted by atomic mass is 10.2. The molecule has 1 aliphatic rings. The average Bonchev–Trinajstić information content (AvgIpc) is 2.90. The van der Waals surface area contributed by atoms with E-state index in [0.29, 0.717) is 22.4 Å². The minimum atomic E-state index is -0.312. The van der Waals surface area contributed by atoms with Crippen molar-refractivity contribution in [3.8, 4) is 5.75 Å². The fourth-order valence-corrected chi connectivity index (χ4v) is 3.52. The zero-order valence-corrected chi connectivity index (χ0v) is 16.7. The molecule has 1 heterocycles. The average molecular weight is 394 g/mol. The Hall–Kier alpha value is -1.86. The summed E-state index contributed by atoms with van der Waals surface area (Å²) < 4.78 is 11.0. The van der Waals surface area contributed by atoms with Crippen molar-refractivity contribution < 1.29 is 19.1 Å². The molecule has 0 unspecified atom stereocenters. The van der Waals surface area contributed by atoms with E-state index in [1.807, 2.05) is 31.2 Å². The SMILES string of the molecule is CCCOC(=O)CCN1C(=O)/C(=C/c2ccc(OCCC)cc2)SC1=S. The number of rotatable bonds is 9. The Kier molecular flexibility index (Phi) is 8.12. The van der Waals surface area contributed by atoms with Crippen LogP contribution < -0.4 is 4.74 Å². The second-order valence-electron chi connectivity index (χ2n) is 5.72. The number of nitrogens with zero attached hydrogens (tertiary/aromatic N) is 1. The third-order valence-corrected chi connectivity index (χ3v) is 4.91. The van der Waals surface area contributed by atoms with E-state index in [2.05, 4.69) is 6.92 Å². The van der Waals surface area contributed by atoms with Gasteiger partial charge in [-0.3, -0.25) is 14.5 Å². The normalized spacial score (nSPS) is 15.6.